The van der Waals surface area contributed by atoms with Crippen LogP contribution in [0.15, 0.2) is 42.7 Å². The van der Waals surface area contributed by atoms with Gasteiger partial charge in [0.2, 0.25) is 0 Å². The first-order valence-corrected chi connectivity index (χ1v) is 15.4. The topological polar surface area (TPSA) is 89.4 Å². The highest BCUT2D eigenvalue weighted by atomic mass is 19.4. The molecule has 3 aromatic rings. The molecule has 0 aliphatic carbocycles. The third-order valence-electron chi connectivity index (χ3n) is 7.55. The number of carboxylic acids is 1. The van der Waals surface area contributed by atoms with Crippen LogP contribution in [0.1, 0.15) is 111 Å². The van der Waals surface area contributed by atoms with E-state index < -0.39 is 64.5 Å². The van der Waals surface area contributed by atoms with Crippen molar-refractivity contribution in [1.29, 1.82) is 0 Å². The summed E-state index contributed by atoms with van der Waals surface area (Å²) in [5.41, 5.74) is -1.51. The number of halogens is 5. The van der Waals surface area contributed by atoms with E-state index in [-0.39, 0.29) is 17.8 Å². The Morgan fingerprint density at radius 1 is 0.844 bits per heavy atom. The molecular weight excluding hydrogens is 595 g/mol. The van der Waals surface area contributed by atoms with Gasteiger partial charge in [-0.05, 0) is 55.5 Å². The van der Waals surface area contributed by atoms with Gasteiger partial charge in [-0.25, -0.2) is 28.3 Å². The Bertz CT molecular complexity index is 1430. The van der Waals surface area contributed by atoms with Gasteiger partial charge in [-0.1, -0.05) is 71.3 Å². The molecule has 1 unspecified atom stereocenters. The maximum atomic E-state index is 15.9. The second kappa shape index (κ2) is 17.0. The number of carboxylic acid groups (broad SMARTS) is 1. The Morgan fingerprint density at radius 2 is 1.44 bits per heavy atom. The third-order valence-corrected chi connectivity index (χ3v) is 7.55. The average Bonchev–Trinajstić information content (AvgIpc) is 3.00. The summed E-state index contributed by atoms with van der Waals surface area (Å²) >= 11 is 0. The molecule has 0 saturated carbocycles. The van der Waals surface area contributed by atoms with Crippen molar-refractivity contribution in [3.63, 3.8) is 0 Å². The number of hydrogen-bond donors (Lipinski definition) is 1. The molecular formula is C34H39F5N2O4. The van der Waals surface area contributed by atoms with Gasteiger partial charge in [0.1, 0.15) is 11.6 Å². The molecule has 3 rings (SSSR count). The molecule has 11 heteroatoms. The largest absolute Gasteiger partial charge is 0.478 e. The van der Waals surface area contributed by atoms with Crippen LogP contribution < -0.4 is 0 Å². The van der Waals surface area contributed by atoms with Crippen LogP contribution >= 0.6 is 0 Å². The quantitative estimate of drug-likeness (QED) is 0.0903. The predicted molar refractivity (Wildman–Crippen MR) is 161 cm³/mol. The van der Waals surface area contributed by atoms with Gasteiger partial charge in [0.05, 0.1) is 16.7 Å². The summed E-state index contributed by atoms with van der Waals surface area (Å²) in [6.45, 7) is 4.06. The molecule has 0 aliphatic heterocycles. The highest BCUT2D eigenvalue weighted by Gasteiger charge is 2.42. The lowest BCUT2D eigenvalue weighted by Crippen LogP contribution is -2.33. The average molecular weight is 635 g/mol. The van der Waals surface area contributed by atoms with Crippen LogP contribution in [0.5, 0.6) is 0 Å². The number of aromatic carboxylic acids is 1. The van der Waals surface area contributed by atoms with E-state index in [1.54, 1.807) is 12.4 Å². The van der Waals surface area contributed by atoms with Crippen molar-refractivity contribution < 1.29 is 41.4 Å². The van der Waals surface area contributed by atoms with Gasteiger partial charge in [0.25, 0.3) is 0 Å². The van der Waals surface area contributed by atoms with Gasteiger partial charge in [-0.3, -0.25) is 0 Å². The van der Waals surface area contributed by atoms with E-state index in [4.69, 9.17) is 0 Å². The van der Waals surface area contributed by atoms with E-state index in [1.807, 2.05) is 6.92 Å². The number of aryl methyl sites for hydroxylation is 1. The first-order valence-electron chi connectivity index (χ1n) is 15.4. The first kappa shape index (κ1) is 35.6. The molecule has 0 radical (unpaired) electrons. The Morgan fingerprint density at radius 3 is 2.04 bits per heavy atom. The minimum absolute atomic E-state index is 0.0323. The van der Waals surface area contributed by atoms with E-state index in [9.17, 15) is 27.9 Å². The van der Waals surface area contributed by atoms with Crippen LogP contribution in [0.4, 0.5) is 22.0 Å². The number of aromatic nitrogens is 2. The van der Waals surface area contributed by atoms with E-state index in [0.717, 1.165) is 62.3 Å². The number of unbranched alkanes of at least 4 members (excludes halogenated alkanes) is 8. The van der Waals surface area contributed by atoms with Gasteiger partial charge >= 0.3 is 18.1 Å². The lowest BCUT2D eigenvalue weighted by atomic mass is 9.94. The highest BCUT2D eigenvalue weighted by Crippen LogP contribution is 2.35. The fourth-order valence-corrected chi connectivity index (χ4v) is 5.01. The van der Waals surface area contributed by atoms with Crippen molar-refractivity contribution in [2.24, 2.45) is 0 Å². The lowest BCUT2D eigenvalue weighted by molar-refractivity contribution is -0.206. The molecule has 1 heterocycles. The van der Waals surface area contributed by atoms with Gasteiger partial charge in [0.15, 0.2) is 11.9 Å². The molecule has 1 atom stereocenters. The van der Waals surface area contributed by atoms with Crippen LogP contribution in [0.25, 0.3) is 22.5 Å². The van der Waals surface area contributed by atoms with Crippen LogP contribution in [0.2, 0.25) is 0 Å². The summed E-state index contributed by atoms with van der Waals surface area (Å²) in [6.07, 6.45) is 5.27. The minimum Gasteiger partial charge on any atom is -0.478 e. The predicted octanol–water partition coefficient (Wildman–Crippen LogP) is 9.75. The first-order chi connectivity index (χ1) is 21.5. The Balaban J connectivity index is 1.84. The molecule has 0 amide bonds. The second-order valence-corrected chi connectivity index (χ2v) is 11.1. The second-order valence-electron chi connectivity index (χ2n) is 11.1. The summed E-state index contributed by atoms with van der Waals surface area (Å²) in [5, 5.41) is 9.71. The number of carbonyl (C=O) groups is 2. The van der Waals surface area contributed by atoms with E-state index in [1.165, 1.54) is 25.3 Å². The molecule has 0 saturated heterocycles. The summed E-state index contributed by atoms with van der Waals surface area (Å²) in [4.78, 5) is 33.0. The molecule has 0 bridgehead atoms. The number of carbonyl (C=O) groups excluding carboxylic acids is 1. The number of alkyl halides is 3. The number of nitrogens with zero attached hydrogens (tertiary/aromatic N) is 2. The summed E-state index contributed by atoms with van der Waals surface area (Å²) in [5.74, 6) is -5.29. The molecule has 45 heavy (non-hydrogen) atoms. The van der Waals surface area contributed by atoms with Gasteiger partial charge in [0, 0.05) is 23.5 Å². The van der Waals surface area contributed by atoms with E-state index in [0.29, 0.717) is 12.5 Å². The van der Waals surface area contributed by atoms with Crippen molar-refractivity contribution in [3.05, 3.63) is 71.1 Å². The highest BCUT2D eigenvalue weighted by molar-refractivity contribution is 5.98. The van der Waals surface area contributed by atoms with Crippen molar-refractivity contribution >= 4 is 11.9 Å². The van der Waals surface area contributed by atoms with Gasteiger partial charge in [-0.15, -0.1) is 0 Å². The van der Waals surface area contributed by atoms with Crippen LogP contribution in [-0.2, 0) is 11.2 Å². The molecule has 6 nitrogen and oxygen atoms in total. The molecule has 0 aliphatic rings. The zero-order valence-electron chi connectivity index (χ0n) is 25.6. The number of ether oxygens (including phenoxy) is 1. The van der Waals surface area contributed by atoms with Crippen LogP contribution in [0, 0.1) is 11.6 Å². The van der Waals surface area contributed by atoms with Crippen molar-refractivity contribution in [1.82, 2.24) is 9.97 Å². The Kier molecular flexibility index (Phi) is 13.4. The smallest absolute Gasteiger partial charge is 0.425 e. The Labute approximate surface area is 260 Å². The van der Waals surface area contributed by atoms with Crippen LogP contribution in [-0.4, -0.2) is 39.3 Å². The fourth-order valence-electron chi connectivity index (χ4n) is 5.01. The maximum absolute atomic E-state index is 15.9. The van der Waals surface area contributed by atoms with Crippen molar-refractivity contribution in [2.75, 3.05) is 0 Å². The Hall–Kier alpha value is -3.89. The molecule has 0 spiro atoms. The molecule has 1 N–H and O–H groups in total. The summed E-state index contributed by atoms with van der Waals surface area (Å²) < 4.78 is 76.4. The van der Waals surface area contributed by atoms with Crippen LogP contribution in [0.3, 0.4) is 0 Å². The molecule has 2 aromatic carbocycles. The zero-order chi connectivity index (χ0) is 33.0. The number of hydrogen-bond acceptors (Lipinski definition) is 5. The van der Waals surface area contributed by atoms with Crippen molar-refractivity contribution in [2.45, 2.75) is 103 Å². The number of benzene rings is 2. The summed E-state index contributed by atoms with van der Waals surface area (Å²) in [7, 11) is 0. The molecule has 244 valence electrons. The minimum atomic E-state index is -4.81. The summed E-state index contributed by atoms with van der Waals surface area (Å²) in [6, 6.07) is 4.79. The molecule has 1 aromatic heterocycles. The SMILES string of the molecule is CCCCCCCCc1cnc(-c2ccc(C(=O)O)c(-c3ccc(C(=O)OC(CCCCCC)C(F)(F)F)cc3F)c2F)nc1. The normalized spacial score (nSPS) is 12.2. The fraction of sp³-hybridized carbons (Fsp3) is 0.471. The maximum Gasteiger partial charge on any atom is 0.425 e. The zero-order valence-corrected chi connectivity index (χ0v) is 25.6. The molecule has 0 fully saturated rings. The van der Waals surface area contributed by atoms with Gasteiger partial charge < -0.3 is 9.84 Å². The monoisotopic (exact) mass is 634 g/mol. The van der Waals surface area contributed by atoms with Gasteiger partial charge in [-0.2, -0.15) is 13.2 Å². The number of esters is 1. The standard InChI is InChI=1S/C34H39F5N2O4/c1-3-5-7-9-10-11-13-22-20-40-31(41-21-22)26-18-17-25(32(42)43)29(30(26)36)24-16-15-23(19-27(24)35)33(44)45-28(34(37,38)39)14-12-8-6-4-2/h15-21,28H,3-14H2,1-2H3,(H,42,43). The van der Waals surface area contributed by atoms with E-state index >= 15 is 8.78 Å². The lowest BCUT2D eigenvalue weighted by Gasteiger charge is -2.21. The number of rotatable bonds is 17. The van der Waals surface area contributed by atoms with E-state index in [2.05, 4.69) is 21.6 Å². The third kappa shape index (κ3) is 10.1. The van der Waals surface area contributed by atoms with Crippen molar-refractivity contribution in [3.8, 4) is 22.5 Å².